The summed E-state index contributed by atoms with van der Waals surface area (Å²) in [4.78, 5) is 0. The van der Waals surface area contributed by atoms with Crippen LogP contribution in [0.2, 0.25) is 0 Å². The van der Waals surface area contributed by atoms with Gasteiger partial charge in [0.2, 0.25) is 0 Å². The number of furan rings is 1. The third-order valence-corrected chi connectivity index (χ3v) is 3.02. The highest BCUT2D eigenvalue weighted by molar-refractivity contribution is 5.12. The summed E-state index contributed by atoms with van der Waals surface area (Å²) in [7, 11) is 0. The molecular formula is C12H19NO2. The number of nitrogens with two attached hydrogens (primary N) is 1. The Hall–Kier alpha value is -0.800. The summed E-state index contributed by atoms with van der Waals surface area (Å²) in [5.41, 5.74) is 6.11. The van der Waals surface area contributed by atoms with Gasteiger partial charge in [0, 0.05) is 6.42 Å². The lowest BCUT2D eigenvalue weighted by molar-refractivity contribution is 0.0357. The summed E-state index contributed by atoms with van der Waals surface area (Å²) in [6.07, 6.45) is 3.50. The van der Waals surface area contributed by atoms with Gasteiger partial charge in [-0.15, -0.1) is 0 Å². The molecule has 1 aliphatic rings. The van der Waals surface area contributed by atoms with Crippen molar-refractivity contribution in [3.8, 4) is 0 Å². The summed E-state index contributed by atoms with van der Waals surface area (Å²) in [5.74, 6) is 1.84. The van der Waals surface area contributed by atoms with Crippen LogP contribution in [0.25, 0.3) is 0 Å². The van der Waals surface area contributed by atoms with E-state index in [9.17, 15) is 0 Å². The summed E-state index contributed by atoms with van der Waals surface area (Å²) in [6.45, 7) is 4.16. The lowest BCUT2D eigenvalue weighted by atomic mass is 10.1. The predicted octanol–water partition coefficient (Wildman–Crippen LogP) is 2.41. The zero-order valence-electron chi connectivity index (χ0n) is 9.40. The van der Waals surface area contributed by atoms with Crippen molar-refractivity contribution < 1.29 is 9.15 Å². The molecule has 2 rings (SSSR count). The predicted molar refractivity (Wildman–Crippen MR) is 58.6 cm³/mol. The van der Waals surface area contributed by atoms with Crippen LogP contribution in [0.15, 0.2) is 16.5 Å². The molecule has 3 heteroatoms. The quantitative estimate of drug-likeness (QED) is 0.831. The van der Waals surface area contributed by atoms with Crippen molar-refractivity contribution in [3.63, 3.8) is 0 Å². The smallest absolute Gasteiger partial charge is 0.123 e. The summed E-state index contributed by atoms with van der Waals surface area (Å²) in [6, 6.07) is 3.85. The lowest BCUT2D eigenvalue weighted by Crippen LogP contribution is -2.25. The van der Waals surface area contributed by atoms with Crippen LogP contribution in [0.5, 0.6) is 0 Å². The molecule has 0 saturated carbocycles. The minimum atomic E-state index is -0.116. The van der Waals surface area contributed by atoms with Crippen molar-refractivity contribution >= 4 is 0 Å². The highest BCUT2D eigenvalue weighted by Crippen LogP contribution is 2.29. The second-order valence-electron chi connectivity index (χ2n) is 4.25. The number of hydrogen-bond donors (Lipinski definition) is 1. The largest absolute Gasteiger partial charge is 0.464 e. The van der Waals surface area contributed by atoms with Crippen LogP contribution >= 0.6 is 0 Å². The van der Waals surface area contributed by atoms with Crippen LogP contribution < -0.4 is 5.73 Å². The van der Waals surface area contributed by atoms with Crippen LogP contribution in [0.4, 0.5) is 0 Å². The fraction of sp³-hybridized carbons (Fsp3) is 0.667. The van der Waals surface area contributed by atoms with Crippen LogP contribution in [0.1, 0.15) is 44.3 Å². The Bertz CT molecular complexity index is 321. The molecule has 3 unspecified atom stereocenters. The van der Waals surface area contributed by atoms with E-state index in [1.807, 2.05) is 12.1 Å². The number of rotatable bonds is 3. The van der Waals surface area contributed by atoms with E-state index in [1.165, 1.54) is 0 Å². The Morgan fingerprint density at radius 2 is 2.27 bits per heavy atom. The molecule has 84 valence electrons. The molecule has 0 radical (unpaired) electrons. The van der Waals surface area contributed by atoms with Gasteiger partial charge in [-0.2, -0.15) is 0 Å². The molecule has 1 aromatic heterocycles. The van der Waals surface area contributed by atoms with E-state index in [4.69, 9.17) is 14.9 Å². The van der Waals surface area contributed by atoms with Crippen molar-refractivity contribution in [2.45, 2.75) is 51.4 Å². The van der Waals surface area contributed by atoms with Gasteiger partial charge in [0.1, 0.15) is 11.5 Å². The normalized spacial score (nSPS) is 28.2. The van der Waals surface area contributed by atoms with Gasteiger partial charge in [-0.1, -0.05) is 6.92 Å². The fourth-order valence-corrected chi connectivity index (χ4v) is 2.04. The molecule has 15 heavy (non-hydrogen) atoms. The maximum atomic E-state index is 6.11. The van der Waals surface area contributed by atoms with Gasteiger partial charge >= 0.3 is 0 Å². The van der Waals surface area contributed by atoms with E-state index < -0.39 is 0 Å². The summed E-state index contributed by atoms with van der Waals surface area (Å²) >= 11 is 0. The van der Waals surface area contributed by atoms with Crippen molar-refractivity contribution in [2.24, 2.45) is 5.73 Å². The van der Waals surface area contributed by atoms with Gasteiger partial charge in [-0.05, 0) is 31.9 Å². The van der Waals surface area contributed by atoms with Gasteiger partial charge in [0.15, 0.2) is 0 Å². The Balaban J connectivity index is 2.03. The average molecular weight is 209 g/mol. The second kappa shape index (κ2) is 4.37. The summed E-state index contributed by atoms with van der Waals surface area (Å²) < 4.78 is 11.4. The Labute approximate surface area is 90.6 Å². The van der Waals surface area contributed by atoms with Crippen molar-refractivity contribution in [1.29, 1.82) is 0 Å². The lowest BCUT2D eigenvalue weighted by Gasteiger charge is -2.17. The molecule has 3 nitrogen and oxygen atoms in total. The first kappa shape index (κ1) is 10.7. The first-order valence-corrected chi connectivity index (χ1v) is 5.70. The third-order valence-electron chi connectivity index (χ3n) is 3.02. The molecule has 1 aliphatic heterocycles. The Morgan fingerprint density at radius 3 is 2.80 bits per heavy atom. The molecule has 2 heterocycles. The first-order valence-electron chi connectivity index (χ1n) is 5.70. The number of aryl methyl sites for hydroxylation is 1. The van der Waals surface area contributed by atoms with E-state index in [0.29, 0.717) is 6.10 Å². The summed E-state index contributed by atoms with van der Waals surface area (Å²) in [5, 5.41) is 0. The third kappa shape index (κ3) is 2.24. The molecule has 0 aromatic carbocycles. The van der Waals surface area contributed by atoms with E-state index >= 15 is 0 Å². The van der Waals surface area contributed by atoms with Crippen molar-refractivity contribution in [1.82, 2.24) is 0 Å². The SMILES string of the molecule is CCc1ccc(C(N)C2CCC(C)O2)o1. The van der Waals surface area contributed by atoms with Crippen molar-refractivity contribution in [3.05, 3.63) is 23.7 Å². The van der Waals surface area contributed by atoms with Gasteiger partial charge in [-0.25, -0.2) is 0 Å². The Kier molecular flexibility index (Phi) is 3.12. The fourth-order valence-electron chi connectivity index (χ4n) is 2.04. The molecular weight excluding hydrogens is 190 g/mol. The zero-order valence-corrected chi connectivity index (χ0v) is 9.40. The minimum absolute atomic E-state index is 0.116. The molecule has 2 N–H and O–H groups in total. The van der Waals surface area contributed by atoms with Crippen LogP contribution in [0.3, 0.4) is 0 Å². The maximum Gasteiger partial charge on any atom is 0.123 e. The maximum absolute atomic E-state index is 6.11. The van der Waals surface area contributed by atoms with Crippen molar-refractivity contribution in [2.75, 3.05) is 0 Å². The van der Waals surface area contributed by atoms with E-state index in [-0.39, 0.29) is 12.1 Å². The van der Waals surface area contributed by atoms with Gasteiger partial charge in [0.05, 0.1) is 18.2 Å². The topological polar surface area (TPSA) is 48.4 Å². The zero-order chi connectivity index (χ0) is 10.8. The van der Waals surface area contributed by atoms with Crippen LogP contribution in [-0.4, -0.2) is 12.2 Å². The highest BCUT2D eigenvalue weighted by Gasteiger charge is 2.29. The molecule has 1 aromatic rings. The van der Waals surface area contributed by atoms with E-state index in [2.05, 4.69) is 13.8 Å². The average Bonchev–Trinajstić information content (AvgIpc) is 2.84. The second-order valence-corrected chi connectivity index (χ2v) is 4.25. The molecule has 1 fully saturated rings. The molecule has 3 atom stereocenters. The van der Waals surface area contributed by atoms with E-state index in [0.717, 1.165) is 30.8 Å². The molecule has 0 spiro atoms. The first-order chi connectivity index (χ1) is 7.20. The Morgan fingerprint density at radius 1 is 1.47 bits per heavy atom. The van der Waals surface area contributed by atoms with Crippen LogP contribution in [0, 0.1) is 0 Å². The number of hydrogen-bond acceptors (Lipinski definition) is 3. The standard InChI is InChI=1S/C12H19NO2/c1-3-9-5-7-11(15-9)12(13)10-6-4-8(2)14-10/h5,7-8,10,12H,3-4,6,13H2,1-2H3. The monoisotopic (exact) mass is 209 g/mol. The molecule has 0 bridgehead atoms. The number of ether oxygens (including phenoxy) is 1. The minimum Gasteiger partial charge on any atom is -0.464 e. The van der Waals surface area contributed by atoms with E-state index in [1.54, 1.807) is 0 Å². The van der Waals surface area contributed by atoms with Crippen LogP contribution in [-0.2, 0) is 11.2 Å². The molecule has 0 amide bonds. The highest BCUT2D eigenvalue weighted by atomic mass is 16.5. The van der Waals surface area contributed by atoms with Gasteiger partial charge in [0.25, 0.3) is 0 Å². The molecule has 1 saturated heterocycles. The molecule has 0 aliphatic carbocycles. The van der Waals surface area contributed by atoms with Gasteiger partial charge < -0.3 is 14.9 Å². The van der Waals surface area contributed by atoms with Gasteiger partial charge in [-0.3, -0.25) is 0 Å².